The summed E-state index contributed by atoms with van der Waals surface area (Å²) < 4.78 is 24.3. The van der Waals surface area contributed by atoms with E-state index in [0.29, 0.717) is 10.8 Å². The third kappa shape index (κ3) is 4.06. The van der Waals surface area contributed by atoms with Gasteiger partial charge in [-0.1, -0.05) is 17.8 Å². The first kappa shape index (κ1) is 16.5. The molecule has 0 saturated heterocycles. The molecule has 118 valence electrons. The monoisotopic (exact) mass is 341 g/mol. The molecule has 3 N–H and O–H groups in total. The van der Waals surface area contributed by atoms with Crippen LogP contribution in [0.3, 0.4) is 0 Å². The maximum atomic E-state index is 12.1. The Labute approximate surface area is 132 Å². The van der Waals surface area contributed by atoms with Gasteiger partial charge in [-0.15, -0.1) is 10.2 Å². The molecule has 0 bridgehead atoms. The summed E-state index contributed by atoms with van der Waals surface area (Å²) in [6.07, 6.45) is 1.54. The van der Waals surface area contributed by atoms with E-state index in [2.05, 4.69) is 15.5 Å². The SMILES string of the molecule is CC(Sc1nncn1C)C(=O)Nc1cccc(S(N)(=O)=O)c1. The van der Waals surface area contributed by atoms with Crippen molar-refractivity contribution < 1.29 is 13.2 Å². The quantitative estimate of drug-likeness (QED) is 0.768. The molecular formula is C12H15N5O3S2. The van der Waals surface area contributed by atoms with Crippen LogP contribution in [0, 0.1) is 0 Å². The van der Waals surface area contributed by atoms with Gasteiger partial charge in [-0.25, -0.2) is 13.6 Å². The van der Waals surface area contributed by atoms with Crippen LogP contribution in [0.25, 0.3) is 0 Å². The summed E-state index contributed by atoms with van der Waals surface area (Å²) >= 11 is 1.25. The van der Waals surface area contributed by atoms with Crippen LogP contribution in [-0.4, -0.2) is 34.3 Å². The Kier molecular flexibility index (Phi) is 4.84. The van der Waals surface area contributed by atoms with Crippen LogP contribution in [0.1, 0.15) is 6.92 Å². The molecular weight excluding hydrogens is 326 g/mol. The average molecular weight is 341 g/mol. The van der Waals surface area contributed by atoms with Gasteiger partial charge in [0.1, 0.15) is 6.33 Å². The van der Waals surface area contributed by atoms with Gasteiger partial charge in [0.25, 0.3) is 0 Å². The standard InChI is InChI=1S/C12H15N5O3S2/c1-8(21-12-16-14-7-17(12)2)11(18)15-9-4-3-5-10(6-9)22(13,19)20/h3-8H,1-2H3,(H,15,18)(H2,13,19,20). The van der Waals surface area contributed by atoms with E-state index in [0.717, 1.165) is 0 Å². The van der Waals surface area contributed by atoms with Gasteiger partial charge in [0.05, 0.1) is 10.1 Å². The Morgan fingerprint density at radius 3 is 2.77 bits per heavy atom. The lowest BCUT2D eigenvalue weighted by atomic mass is 10.3. The van der Waals surface area contributed by atoms with Crippen LogP contribution in [0.2, 0.25) is 0 Å². The van der Waals surface area contributed by atoms with E-state index in [9.17, 15) is 13.2 Å². The summed E-state index contributed by atoms with van der Waals surface area (Å²) in [5.74, 6) is -0.278. The van der Waals surface area contributed by atoms with Crippen molar-refractivity contribution in [2.24, 2.45) is 12.2 Å². The van der Waals surface area contributed by atoms with Crippen molar-refractivity contribution in [1.29, 1.82) is 0 Å². The summed E-state index contributed by atoms with van der Waals surface area (Å²) in [6.45, 7) is 1.72. The molecule has 8 nitrogen and oxygen atoms in total. The molecule has 0 radical (unpaired) electrons. The maximum absolute atomic E-state index is 12.1. The third-order valence-corrected chi connectivity index (χ3v) is 4.81. The first-order chi connectivity index (χ1) is 10.3. The lowest BCUT2D eigenvalue weighted by Gasteiger charge is -2.11. The van der Waals surface area contributed by atoms with Crippen LogP contribution in [0.5, 0.6) is 0 Å². The fraction of sp³-hybridized carbons (Fsp3) is 0.250. The van der Waals surface area contributed by atoms with Crippen molar-refractivity contribution in [2.75, 3.05) is 5.32 Å². The van der Waals surface area contributed by atoms with Crippen molar-refractivity contribution in [3.8, 4) is 0 Å². The largest absolute Gasteiger partial charge is 0.325 e. The minimum absolute atomic E-state index is 0.0566. The molecule has 22 heavy (non-hydrogen) atoms. The second-order valence-electron chi connectivity index (χ2n) is 4.55. The smallest absolute Gasteiger partial charge is 0.238 e. The lowest BCUT2D eigenvalue weighted by molar-refractivity contribution is -0.115. The van der Waals surface area contributed by atoms with Crippen molar-refractivity contribution in [1.82, 2.24) is 14.8 Å². The molecule has 1 amide bonds. The zero-order valence-corrected chi connectivity index (χ0v) is 13.6. The first-order valence-corrected chi connectivity index (χ1v) is 8.64. The molecule has 0 saturated carbocycles. The molecule has 1 aromatic carbocycles. The number of nitrogens with two attached hydrogens (primary N) is 1. The Morgan fingerprint density at radius 2 is 2.18 bits per heavy atom. The number of anilines is 1. The van der Waals surface area contributed by atoms with Gasteiger partial charge in [0, 0.05) is 12.7 Å². The van der Waals surface area contributed by atoms with Gasteiger partial charge in [-0.3, -0.25) is 4.79 Å². The van der Waals surface area contributed by atoms with Crippen molar-refractivity contribution in [3.05, 3.63) is 30.6 Å². The van der Waals surface area contributed by atoms with Crippen molar-refractivity contribution in [3.63, 3.8) is 0 Å². The number of benzene rings is 1. The van der Waals surface area contributed by atoms with E-state index in [1.165, 1.54) is 30.0 Å². The minimum Gasteiger partial charge on any atom is -0.325 e. The van der Waals surface area contributed by atoms with E-state index < -0.39 is 15.3 Å². The molecule has 10 heteroatoms. The number of hydrogen-bond donors (Lipinski definition) is 2. The van der Waals surface area contributed by atoms with Gasteiger partial charge in [-0.2, -0.15) is 0 Å². The zero-order valence-electron chi connectivity index (χ0n) is 11.9. The van der Waals surface area contributed by atoms with E-state index >= 15 is 0 Å². The molecule has 1 unspecified atom stereocenters. The number of nitrogens with one attached hydrogen (secondary N) is 1. The molecule has 0 fully saturated rings. The number of carbonyl (C=O) groups excluding carboxylic acids is 1. The number of nitrogens with zero attached hydrogens (tertiary/aromatic N) is 3. The highest BCUT2D eigenvalue weighted by Crippen LogP contribution is 2.22. The Bertz CT molecular complexity index is 788. The van der Waals surface area contributed by atoms with Gasteiger partial charge < -0.3 is 9.88 Å². The van der Waals surface area contributed by atoms with Gasteiger partial charge in [0.2, 0.25) is 15.9 Å². The molecule has 0 aliphatic carbocycles. The molecule has 0 aliphatic heterocycles. The molecule has 1 heterocycles. The van der Waals surface area contributed by atoms with E-state index in [1.54, 1.807) is 30.9 Å². The molecule has 0 spiro atoms. The van der Waals surface area contributed by atoms with Crippen LogP contribution in [-0.2, 0) is 21.9 Å². The predicted molar refractivity (Wildman–Crippen MR) is 82.8 cm³/mol. The fourth-order valence-corrected chi connectivity index (χ4v) is 2.94. The van der Waals surface area contributed by atoms with E-state index in [4.69, 9.17) is 5.14 Å². The van der Waals surface area contributed by atoms with E-state index in [-0.39, 0.29) is 10.8 Å². The Balaban J connectivity index is 2.07. The number of hydrogen-bond acceptors (Lipinski definition) is 6. The maximum Gasteiger partial charge on any atom is 0.238 e. The van der Waals surface area contributed by atoms with Gasteiger partial charge in [0.15, 0.2) is 5.16 Å². The molecule has 2 rings (SSSR count). The van der Waals surface area contributed by atoms with E-state index in [1.807, 2.05) is 0 Å². The lowest BCUT2D eigenvalue weighted by Crippen LogP contribution is -2.23. The van der Waals surface area contributed by atoms with Crippen LogP contribution < -0.4 is 10.5 Å². The number of primary sulfonamides is 1. The highest BCUT2D eigenvalue weighted by Gasteiger charge is 2.18. The summed E-state index contributed by atoms with van der Waals surface area (Å²) in [5, 5.41) is 15.5. The third-order valence-electron chi connectivity index (χ3n) is 2.75. The van der Waals surface area contributed by atoms with Crippen molar-refractivity contribution >= 4 is 33.4 Å². The normalized spacial score (nSPS) is 12.9. The molecule has 1 aromatic heterocycles. The molecule has 0 aliphatic rings. The second kappa shape index (κ2) is 6.46. The summed E-state index contributed by atoms with van der Waals surface area (Å²) in [4.78, 5) is 12.1. The summed E-state index contributed by atoms with van der Waals surface area (Å²) in [6, 6.07) is 5.78. The second-order valence-corrected chi connectivity index (χ2v) is 7.42. The number of aromatic nitrogens is 3. The highest BCUT2D eigenvalue weighted by molar-refractivity contribution is 8.00. The van der Waals surface area contributed by atoms with Crippen LogP contribution in [0.15, 0.2) is 40.6 Å². The highest BCUT2D eigenvalue weighted by atomic mass is 32.2. The number of amides is 1. The summed E-state index contributed by atoms with van der Waals surface area (Å²) in [7, 11) is -2.03. The number of carbonyl (C=O) groups is 1. The molecule has 2 aromatic rings. The van der Waals surface area contributed by atoms with Gasteiger partial charge >= 0.3 is 0 Å². The number of sulfonamides is 1. The minimum atomic E-state index is -3.81. The topological polar surface area (TPSA) is 120 Å². The number of rotatable bonds is 5. The first-order valence-electron chi connectivity index (χ1n) is 6.22. The number of aryl methyl sites for hydroxylation is 1. The van der Waals surface area contributed by atoms with Crippen LogP contribution >= 0.6 is 11.8 Å². The Hall–Kier alpha value is -1.91. The predicted octanol–water partition coefficient (Wildman–Crippen LogP) is 0.582. The molecule has 1 atom stereocenters. The zero-order chi connectivity index (χ0) is 16.3. The van der Waals surface area contributed by atoms with Gasteiger partial charge in [-0.05, 0) is 25.1 Å². The van der Waals surface area contributed by atoms with Crippen molar-refractivity contribution in [2.45, 2.75) is 22.2 Å². The average Bonchev–Trinajstić information content (AvgIpc) is 2.83. The Morgan fingerprint density at radius 1 is 1.45 bits per heavy atom. The fourth-order valence-electron chi connectivity index (χ4n) is 1.59. The summed E-state index contributed by atoms with van der Waals surface area (Å²) in [5.41, 5.74) is 0.363. The van der Waals surface area contributed by atoms with Crippen LogP contribution in [0.4, 0.5) is 5.69 Å². The number of thioether (sulfide) groups is 1.